The zero-order valence-electron chi connectivity index (χ0n) is 19.9. The lowest BCUT2D eigenvalue weighted by atomic mass is 9.71. The number of anilines is 2. The first-order valence-corrected chi connectivity index (χ1v) is 12.4. The summed E-state index contributed by atoms with van der Waals surface area (Å²) in [5.74, 6) is -1.46. The van der Waals surface area contributed by atoms with Gasteiger partial charge in [0.2, 0.25) is 11.8 Å². The van der Waals surface area contributed by atoms with E-state index >= 15 is 0 Å². The van der Waals surface area contributed by atoms with E-state index in [1.807, 2.05) is 38.2 Å². The van der Waals surface area contributed by atoms with Crippen molar-refractivity contribution in [3.05, 3.63) is 47.0 Å². The molecular formula is C25H29FN4O4S. The Morgan fingerprint density at radius 1 is 1.29 bits per heavy atom. The number of carboxylic acid groups (broad SMARTS) is 1. The van der Waals surface area contributed by atoms with Gasteiger partial charge >= 0.3 is 5.97 Å². The number of nitrogens with zero attached hydrogens (tertiary/aromatic N) is 3. The van der Waals surface area contributed by atoms with E-state index in [1.165, 1.54) is 18.4 Å². The van der Waals surface area contributed by atoms with E-state index in [9.17, 15) is 19.4 Å². The first-order valence-electron chi connectivity index (χ1n) is 11.5. The smallest absolute Gasteiger partial charge is 0.306 e. The van der Waals surface area contributed by atoms with Crippen molar-refractivity contribution in [2.75, 3.05) is 19.0 Å². The molecule has 0 bridgehead atoms. The maximum absolute atomic E-state index is 13.6. The fourth-order valence-electron chi connectivity index (χ4n) is 4.87. The summed E-state index contributed by atoms with van der Waals surface area (Å²) in [7, 11) is 1.35. The Morgan fingerprint density at radius 3 is 2.77 bits per heavy atom. The van der Waals surface area contributed by atoms with Crippen LogP contribution in [-0.4, -0.2) is 44.9 Å². The molecule has 3 aromatic rings. The quantitative estimate of drug-likeness (QED) is 0.395. The number of nitrogens with one attached hydrogen (secondary N) is 1. The van der Waals surface area contributed by atoms with E-state index in [4.69, 9.17) is 4.74 Å². The van der Waals surface area contributed by atoms with E-state index < -0.39 is 11.8 Å². The van der Waals surface area contributed by atoms with E-state index in [1.54, 1.807) is 0 Å². The summed E-state index contributed by atoms with van der Waals surface area (Å²) in [5.41, 5.74) is 2.70. The number of thiazole rings is 1. The van der Waals surface area contributed by atoms with E-state index in [2.05, 4.69) is 20.3 Å². The standard InChI is InChI=1S/C25H29FN4O4S/c1-13-6-16(9-17(7-13)29-25-28-10-20(26)22(30-25)34-3)21-11-27-23(35-21)19(12-31)15-4-5-18(24(32)33)14(2)8-15/h6-7,9-11,14-15,18-19,31H,4-5,8,12H2,1-3H3,(H,32,33)(H,28,29,30). The van der Waals surface area contributed by atoms with Crippen LogP contribution in [0.5, 0.6) is 5.88 Å². The molecule has 4 rings (SSSR count). The second kappa shape index (κ2) is 10.7. The van der Waals surface area contributed by atoms with Crippen molar-refractivity contribution in [3.63, 3.8) is 0 Å². The van der Waals surface area contributed by atoms with Crippen LogP contribution >= 0.6 is 11.3 Å². The molecule has 0 aliphatic heterocycles. The van der Waals surface area contributed by atoms with Gasteiger partial charge in [-0.15, -0.1) is 11.3 Å². The van der Waals surface area contributed by atoms with Crippen LogP contribution in [0.1, 0.15) is 42.7 Å². The van der Waals surface area contributed by atoms with Gasteiger partial charge in [-0.1, -0.05) is 13.0 Å². The predicted octanol–water partition coefficient (Wildman–Crippen LogP) is 5.01. The summed E-state index contributed by atoms with van der Waals surface area (Å²) in [6, 6.07) is 5.92. The average Bonchev–Trinajstić information content (AvgIpc) is 3.30. The van der Waals surface area contributed by atoms with Crippen LogP contribution in [0.15, 0.2) is 30.6 Å². The molecule has 2 heterocycles. The van der Waals surface area contributed by atoms with Gasteiger partial charge in [-0.3, -0.25) is 4.79 Å². The topological polar surface area (TPSA) is 117 Å². The summed E-state index contributed by atoms with van der Waals surface area (Å²) in [6.45, 7) is 3.93. The molecule has 1 aliphatic rings. The molecule has 4 unspecified atom stereocenters. The number of rotatable bonds is 8. The van der Waals surface area contributed by atoms with Crippen LogP contribution in [0.2, 0.25) is 0 Å². The Kier molecular flexibility index (Phi) is 7.61. The molecule has 2 aromatic heterocycles. The zero-order chi connectivity index (χ0) is 25.1. The lowest BCUT2D eigenvalue weighted by molar-refractivity contribution is -0.145. The highest BCUT2D eigenvalue weighted by atomic mass is 32.1. The van der Waals surface area contributed by atoms with Gasteiger partial charge in [0.05, 0.1) is 35.7 Å². The van der Waals surface area contributed by atoms with Gasteiger partial charge in [-0.25, -0.2) is 9.97 Å². The van der Waals surface area contributed by atoms with Gasteiger partial charge in [-0.05, 0) is 61.3 Å². The van der Waals surface area contributed by atoms with Crippen LogP contribution < -0.4 is 10.1 Å². The van der Waals surface area contributed by atoms with Gasteiger partial charge in [0, 0.05) is 17.8 Å². The lowest BCUT2D eigenvalue weighted by Crippen LogP contribution is -2.32. The number of hydrogen-bond acceptors (Lipinski definition) is 8. The molecule has 0 radical (unpaired) electrons. The van der Waals surface area contributed by atoms with Crippen LogP contribution in [0, 0.1) is 30.5 Å². The summed E-state index contributed by atoms with van der Waals surface area (Å²) < 4.78 is 18.6. The highest BCUT2D eigenvalue weighted by Crippen LogP contribution is 2.43. The van der Waals surface area contributed by atoms with E-state index in [-0.39, 0.29) is 42.1 Å². The molecule has 3 N–H and O–H groups in total. The number of aliphatic hydroxyl groups excluding tert-OH is 1. The minimum Gasteiger partial charge on any atom is -0.481 e. The number of benzene rings is 1. The minimum atomic E-state index is -0.735. The van der Waals surface area contributed by atoms with Crippen LogP contribution in [0.25, 0.3) is 10.4 Å². The normalized spacial score (nSPS) is 20.9. The molecule has 1 aliphatic carbocycles. The van der Waals surface area contributed by atoms with Crippen LogP contribution in [-0.2, 0) is 4.79 Å². The summed E-state index contributed by atoms with van der Waals surface area (Å²) in [5, 5.41) is 23.5. The first kappa shape index (κ1) is 25.0. The highest BCUT2D eigenvalue weighted by Gasteiger charge is 2.36. The minimum absolute atomic E-state index is 0.0214. The number of ether oxygens (including phenoxy) is 1. The Morgan fingerprint density at radius 2 is 2.09 bits per heavy atom. The molecule has 1 fully saturated rings. The fraction of sp³-hybridized carbons (Fsp3) is 0.440. The monoisotopic (exact) mass is 500 g/mol. The molecule has 10 heteroatoms. The molecule has 0 amide bonds. The number of aryl methyl sites for hydroxylation is 1. The first-order chi connectivity index (χ1) is 16.8. The number of aromatic nitrogens is 3. The summed E-state index contributed by atoms with van der Waals surface area (Å²) in [4.78, 5) is 25.1. The number of aliphatic carboxylic acids is 1. The molecule has 186 valence electrons. The van der Waals surface area contributed by atoms with Crippen LogP contribution in [0.3, 0.4) is 0 Å². The van der Waals surface area contributed by atoms with Crippen molar-refractivity contribution in [1.82, 2.24) is 15.0 Å². The SMILES string of the molecule is COc1nc(Nc2cc(C)cc(-c3cnc(C(CO)C4CCC(C(=O)O)C(C)C4)s3)c2)ncc1F. The lowest BCUT2D eigenvalue weighted by Gasteiger charge is -2.35. The molecule has 1 saturated carbocycles. The van der Waals surface area contributed by atoms with Crippen LogP contribution in [0.4, 0.5) is 16.0 Å². The predicted molar refractivity (Wildman–Crippen MR) is 132 cm³/mol. The summed E-state index contributed by atoms with van der Waals surface area (Å²) in [6.07, 6.45) is 5.02. The molecule has 4 atom stereocenters. The Bertz CT molecular complexity index is 1200. The second-order valence-electron chi connectivity index (χ2n) is 9.11. The third-order valence-corrected chi connectivity index (χ3v) is 7.84. The maximum Gasteiger partial charge on any atom is 0.306 e. The number of carbonyl (C=O) groups is 1. The molecule has 0 saturated heterocycles. The van der Waals surface area contributed by atoms with Gasteiger partial charge < -0.3 is 20.3 Å². The largest absolute Gasteiger partial charge is 0.481 e. The number of carboxylic acids is 1. The molecule has 8 nitrogen and oxygen atoms in total. The summed E-state index contributed by atoms with van der Waals surface area (Å²) >= 11 is 1.54. The van der Waals surface area contributed by atoms with Crippen molar-refractivity contribution in [3.8, 4) is 16.3 Å². The fourth-order valence-corrected chi connectivity index (χ4v) is 5.96. The third kappa shape index (κ3) is 5.59. The van der Waals surface area contributed by atoms with E-state index in [0.717, 1.165) is 45.7 Å². The van der Waals surface area contributed by atoms with Gasteiger partial charge in [0.25, 0.3) is 5.88 Å². The third-order valence-electron chi connectivity index (χ3n) is 6.66. The Labute approximate surface area is 207 Å². The highest BCUT2D eigenvalue weighted by molar-refractivity contribution is 7.15. The van der Waals surface area contributed by atoms with Gasteiger partial charge in [0.1, 0.15) is 0 Å². The number of halogens is 1. The van der Waals surface area contributed by atoms with E-state index in [0.29, 0.717) is 6.42 Å². The molecule has 0 spiro atoms. The van der Waals surface area contributed by atoms with Crippen molar-refractivity contribution in [2.45, 2.75) is 39.0 Å². The van der Waals surface area contributed by atoms with Crippen molar-refractivity contribution in [1.29, 1.82) is 0 Å². The number of methoxy groups -OCH3 is 1. The second-order valence-corrected chi connectivity index (χ2v) is 10.2. The molecule has 35 heavy (non-hydrogen) atoms. The Hall–Kier alpha value is -3.11. The molecular weight excluding hydrogens is 471 g/mol. The molecule has 1 aromatic carbocycles. The van der Waals surface area contributed by atoms with Crippen molar-refractivity contribution in [2.24, 2.45) is 17.8 Å². The number of aliphatic hydroxyl groups is 1. The Balaban J connectivity index is 1.54. The van der Waals surface area contributed by atoms with Crippen molar-refractivity contribution < 1.29 is 24.1 Å². The van der Waals surface area contributed by atoms with Crippen molar-refractivity contribution >= 4 is 28.9 Å². The van der Waals surface area contributed by atoms with Gasteiger partial charge in [-0.2, -0.15) is 9.37 Å². The number of hydrogen-bond donors (Lipinski definition) is 3. The average molecular weight is 501 g/mol. The zero-order valence-corrected chi connectivity index (χ0v) is 20.7. The van der Waals surface area contributed by atoms with Gasteiger partial charge in [0.15, 0.2) is 0 Å². The maximum atomic E-state index is 13.6.